The number of hydrogen-bond donors (Lipinski definition) is 3. The van der Waals surface area contributed by atoms with Gasteiger partial charge in [-0.1, -0.05) is 12.1 Å². The van der Waals surface area contributed by atoms with Crippen LogP contribution in [-0.2, 0) is 11.2 Å². The van der Waals surface area contributed by atoms with E-state index in [0.29, 0.717) is 12.0 Å². The van der Waals surface area contributed by atoms with Crippen molar-refractivity contribution in [2.45, 2.75) is 6.42 Å². The number of nitrogens with one attached hydrogen (secondary N) is 2. The minimum absolute atomic E-state index is 0.0473. The summed E-state index contributed by atoms with van der Waals surface area (Å²) in [5, 5.41) is 17.6. The molecule has 0 aliphatic carbocycles. The summed E-state index contributed by atoms with van der Waals surface area (Å²) in [6.07, 6.45) is 3.83. The van der Waals surface area contributed by atoms with Crippen LogP contribution in [0.5, 0.6) is 5.75 Å². The molecule has 0 spiro atoms. The highest BCUT2D eigenvalue weighted by molar-refractivity contribution is 5.94. The molecule has 0 unspecified atom stereocenters. The third-order valence-electron chi connectivity index (χ3n) is 2.50. The number of rotatable bonds is 3. The van der Waals surface area contributed by atoms with Crippen LogP contribution in [0.4, 0.5) is 0 Å². The number of aromatic nitrogens is 2. The zero-order valence-electron chi connectivity index (χ0n) is 9.40. The summed E-state index contributed by atoms with van der Waals surface area (Å²) in [5.74, 6) is 0.0305. The van der Waals surface area contributed by atoms with Gasteiger partial charge in [0.25, 0.3) is 0 Å². The van der Waals surface area contributed by atoms with Gasteiger partial charge in [0.15, 0.2) is 0 Å². The molecule has 3 N–H and O–H groups in total. The van der Waals surface area contributed by atoms with Crippen LogP contribution in [0, 0.1) is 5.41 Å². The average molecular weight is 231 g/mol. The lowest BCUT2D eigenvalue weighted by atomic mass is 10.0. The Bertz CT molecular complexity index is 521. The predicted octanol–water partition coefficient (Wildman–Crippen LogP) is 1.68. The number of methoxy groups -OCH3 is 1. The van der Waals surface area contributed by atoms with Crippen molar-refractivity contribution in [3.05, 3.63) is 47.5 Å². The molecule has 2 aromatic rings. The molecule has 0 saturated heterocycles. The lowest BCUT2D eigenvalue weighted by Gasteiger charge is -2.09. The van der Waals surface area contributed by atoms with E-state index in [9.17, 15) is 5.11 Å². The fourth-order valence-corrected chi connectivity index (χ4v) is 1.61. The van der Waals surface area contributed by atoms with E-state index in [1.807, 2.05) is 6.07 Å². The van der Waals surface area contributed by atoms with Gasteiger partial charge in [-0.3, -0.25) is 5.41 Å². The zero-order chi connectivity index (χ0) is 12.3. The van der Waals surface area contributed by atoms with Crippen molar-refractivity contribution in [1.29, 1.82) is 5.41 Å². The van der Waals surface area contributed by atoms with E-state index < -0.39 is 0 Å². The van der Waals surface area contributed by atoms with Gasteiger partial charge in [-0.25, -0.2) is 4.98 Å². The van der Waals surface area contributed by atoms with E-state index in [4.69, 9.17) is 10.1 Å². The maximum absolute atomic E-state index is 10.0. The monoisotopic (exact) mass is 231 g/mol. The smallest absolute Gasteiger partial charge is 0.216 e. The number of H-pyrrole nitrogens is 1. The van der Waals surface area contributed by atoms with Crippen LogP contribution in [0.25, 0.3) is 0 Å². The first-order valence-electron chi connectivity index (χ1n) is 5.13. The molecule has 2 rings (SSSR count). The number of phenolic OH excluding ortho intramolecular Hbond substituents is 1. The number of imidazole rings is 1. The van der Waals surface area contributed by atoms with Crippen molar-refractivity contribution in [2.75, 3.05) is 7.11 Å². The Balaban J connectivity index is 2.32. The SMILES string of the molecule is COC(=N)c1cccc(Cc2cnc[nH]2)c1O. The molecule has 17 heavy (non-hydrogen) atoms. The van der Waals surface area contributed by atoms with Gasteiger partial charge >= 0.3 is 0 Å². The Labute approximate surface area is 98.6 Å². The van der Waals surface area contributed by atoms with Crippen molar-refractivity contribution in [1.82, 2.24) is 9.97 Å². The van der Waals surface area contributed by atoms with Gasteiger partial charge in [0.2, 0.25) is 5.90 Å². The molecule has 0 amide bonds. The highest BCUT2D eigenvalue weighted by Gasteiger charge is 2.12. The number of para-hydroxylation sites is 1. The highest BCUT2D eigenvalue weighted by Crippen LogP contribution is 2.24. The summed E-state index contributed by atoms with van der Waals surface area (Å²) in [6.45, 7) is 0. The lowest BCUT2D eigenvalue weighted by Crippen LogP contribution is -2.03. The van der Waals surface area contributed by atoms with E-state index in [1.165, 1.54) is 7.11 Å². The van der Waals surface area contributed by atoms with Crippen LogP contribution < -0.4 is 0 Å². The molecule has 5 nitrogen and oxygen atoms in total. The van der Waals surface area contributed by atoms with Gasteiger partial charge in [0.1, 0.15) is 5.75 Å². The largest absolute Gasteiger partial charge is 0.507 e. The van der Waals surface area contributed by atoms with Crippen molar-refractivity contribution < 1.29 is 9.84 Å². The molecular weight excluding hydrogens is 218 g/mol. The molecule has 0 radical (unpaired) electrons. The van der Waals surface area contributed by atoms with Gasteiger partial charge in [-0.2, -0.15) is 0 Å². The van der Waals surface area contributed by atoms with E-state index in [-0.39, 0.29) is 11.6 Å². The second kappa shape index (κ2) is 4.69. The molecule has 1 aromatic carbocycles. The van der Waals surface area contributed by atoms with E-state index in [2.05, 4.69) is 9.97 Å². The van der Waals surface area contributed by atoms with Crippen LogP contribution in [0.15, 0.2) is 30.7 Å². The second-order valence-electron chi connectivity index (χ2n) is 3.60. The quantitative estimate of drug-likeness (QED) is 0.555. The van der Waals surface area contributed by atoms with Crippen LogP contribution in [0.1, 0.15) is 16.8 Å². The minimum atomic E-state index is -0.0473. The Morgan fingerprint density at radius 2 is 2.35 bits per heavy atom. The van der Waals surface area contributed by atoms with Gasteiger partial charge in [0.05, 0.1) is 19.0 Å². The van der Waals surface area contributed by atoms with Gasteiger partial charge in [-0.15, -0.1) is 0 Å². The van der Waals surface area contributed by atoms with Crippen molar-refractivity contribution >= 4 is 5.90 Å². The molecule has 5 heteroatoms. The summed E-state index contributed by atoms with van der Waals surface area (Å²) in [6, 6.07) is 5.24. The number of benzene rings is 1. The summed E-state index contributed by atoms with van der Waals surface area (Å²) in [4.78, 5) is 6.89. The Morgan fingerprint density at radius 1 is 1.53 bits per heavy atom. The molecule has 0 aliphatic rings. The third kappa shape index (κ3) is 2.28. The molecule has 0 saturated carbocycles. The maximum Gasteiger partial charge on any atom is 0.216 e. The molecule has 0 atom stereocenters. The topological polar surface area (TPSA) is 82.0 Å². The Kier molecular flexibility index (Phi) is 3.09. The molecule has 0 bridgehead atoms. The van der Waals surface area contributed by atoms with Gasteiger partial charge in [0, 0.05) is 23.9 Å². The minimum Gasteiger partial charge on any atom is -0.507 e. The van der Waals surface area contributed by atoms with Crippen molar-refractivity contribution in [3.63, 3.8) is 0 Å². The fraction of sp³-hybridized carbons (Fsp3) is 0.167. The zero-order valence-corrected chi connectivity index (χ0v) is 9.40. The predicted molar refractivity (Wildman–Crippen MR) is 63.3 cm³/mol. The molecule has 1 heterocycles. The summed E-state index contributed by atoms with van der Waals surface area (Å²) >= 11 is 0. The molecule has 0 aliphatic heterocycles. The normalized spacial score (nSPS) is 10.2. The molecule has 0 fully saturated rings. The van der Waals surface area contributed by atoms with Crippen LogP contribution in [0.2, 0.25) is 0 Å². The molecular formula is C12H13N3O2. The average Bonchev–Trinajstić information content (AvgIpc) is 2.84. The number of phenols is 1. The first kappa shape index (κ1) is 11.2. The molecule has 1 aromatic heterocycles. The summed E-state index contributed by atoms with van der Waals surface area (Å²) < 4.78 is 4.81. The lowest BCUT2D eigenvalue weighted by molar-refractivity contribution is 0.395. The van der Waals surface area contributed by atoms with Crippen LogP contribution >= 0.6 is 0 Å². The first-order valence-corrected chi connectivity index (χ1v) is 5.13. The van der Waals surface area contributed by atoms with E-state index >= 15 is 0 Å². The first-order chi connectivity index (χ1) is 8.22. The molecule has 88 valence electrons. The summed E-state index contributed by atoms with van der Waals surface area (Å²) in [7, 11) is 1.41. The number of nitrogens with zero attached hydrogens (tertiary/aromatic N) is 1. The van der Waals surface area contributed by atoms with E-state index in [0.717, 1.165) is 11.3 Å². The summed E-state index contributed by atoms with van der Waals surface area (Å²) in [5.41, 5.74) is 2.03. The number of aromatic amines is 1. The highest BCUT2D eigenvalue weighted by atomic mass is 16.5. The second-order valence-corrected chi connectivity index (χ2v) is 3.60. The standard InChI is InChI=1S/C12H13N3O2/c1-17-12(13)10-4-2-3-8(11(10)16)5-9-6-14-7-15-9/h2-4,6-7,13,16H,5H2,1H3,(H,14,15). The maximum atomic E-state index is 10.0. The van der Waals surface area contributed by atoms with Gasteiger partial charge in [-0.05, 0) is 6.07 Å². The van der Waals surface area contributed by atoms with Gasteiger partial charge < -0.3 is 14.8 Å². The Hall–Kier alpha value is -2.30. The van der Waals surface area contributed by atoms with Crippen LogP contribution in [0.3, 0.4) is 0 Å². The number of aromatic hydroxyl groups is 1. The van der Waals surface area contributed by atoms with E-state index in [1.54, 1.807) is 24.7 Å². The fourth-order valence-electron chi connectivity index (χ4n) is 1.61. The van der Waals surface area contributed by atoms with Crippen molar-refractivity contribution in [2.24, 2.45) is 0 Å². The van der Waals surface area contributed by atoms with Crippen molar-refractivity contribution in [3.8, 4) is 5.75 Å². The number of hydrogen-bond acceptors (Lipinski definition) is 4. The Morgan fingerprint density at radius 3 is 3.00 bits per heavy atom. The number of ether oxygens (including phenoxy) is 1. The van der Waals surface area contributed by atoms with Crippen LogP contribution in [-0.4, -0.2) is 28.1 Å². The third-order valence-corrected chi connectivity index (χ3v) is 2.50.